The number of aliphatic imine (C=N–C) groups is 1. The van der Waals surface area contributed by atoms with Crippen LogP contribution in [0.5, 0.6) is 5.75 Å². The van der Waals surface area contributed by atoms with Crippen LogP contribution in [-0.2, 0) is 14.3 Å². The van der Waals surface area contributed by atoms with Crippen molar-refractivity contribution in [1.82, 2.24) is 15.5 Å². The highest BCUT2D eigenvalue weighted by Gasteiger charge is 2.23. The fourth-order valence-corrected chi connectivity index (χ4v) is 3.26. The number of methoxy groups -OCH3 is 1. The molecule has 0 aliphatic carbocycles. The monoisotopic (exact) mass is 534 g/mol. The molecule has 0 aromatic heterocycles. The first-order valence-corrected chi connectivity index (χ1v) is 10.2. The highest BCUT2D eigenvalue weighted by Crippen LogP contribution is 2.23. The number of nitrogens with one attached hydrogen (secondary N) is 2. The van der Waals surface area contributed by atoms with Gasteiger partial charge in [0.25, 0.3) is 0 Å². The molecule has 1 aliphatic heterocycles. The standard InChI is InChI=1S/C21H34N4O4.HI/c1-4-29-20(26)6-5-11-23-21(22-2)24-16-19(25-12-14-28-15-13-25)17-7-9-18(27-3)10-8-17;/h7-10,19H,4-6,11-16H2,1-3H3,(H2,22,23,24);1H. The van der Waals surface area contributed by atoms with Crippen molar-refractivity contribution in [3.63, 3.8) is 0 Å². The van der Waals surface area contributed by atoms with E-state index in [0.29, 0.717) is 32.5 Å². The summed E-state index contributed by atoms with van der Waals surface area (Å²) in [4.78, 5) is 18.1. The molecule has 0 bridgehead atoms. The molecule has 30 heavy (non-hydrogen) atoms. The van der Waals surface area contributed by atoms with Crippen molar-refractivity contribution in [3.05, 3.63) is 29.8 Å². The van der Waals surface area contributed by atoms with Crippen molar-refractivity contribution >= 4 is 35.9 Å². The zero-order chi connectivity index (χ0) is 20.9. The number of halogens is 1. The SMILES string of the molecule is CCOC(=O)CCCNC(=NC)NCC(c1ccc(OC)cc1)N1CCOCC1.I. The molecule has 1 fully saturated rings. The van der Waals surface area contributed by atoms with Gasteiger partial charge in [0.15, 0.2) is 5.96 Å². The predicted molar refractivity (Wildman–Crippen MR) is 129 cm³/mol. The van der Waals surface area contributed by atoms with E-state index in [0.717, 1.165) is 38.0 Å². The zero-order valence-electron chi connectivity index (χ0n) is 18.2. The molecule has 9 heteroatoms. The molecule has 8 nitrogen and oxygen atoms in total. The van der Waals surface area contributed by atoms with Crippen LogP contribution in [0, 0.1) is 0 Å². The maximum absolute atomic E-state index is 11.4. The van der Waals surface area contributed by atoms with Crippen molar-refractivity contribution in [3.8, 4) is 5.75 Å². The predicted octanol–water partition coefficient (Wildman–Crippen LogP) is 2.19. The van der Waals surface area contributed by atoms with Crippen LogP contribution in [-0.4, -0.2) is 77.0 Å². The molecule has 1 atom stereocenters. The number of guanidine groups is 1. The van der Waals surface area contributed by atoms with Crippen LogP contribution in [0.3, 0.4) is 0 Å². The Morgan fingerprint density at radius 1 is 1.23 bits per heavy atom. The summed E-state index contributed by atoms with van der Waals surface area (Å²) >= 11 is 0. The van der Waals surface area contributed by atoms with E-state index in [1.54, 1.807) is 14.2 Å². The molecular weight excluding hydrogens is 499 g/mol. The summed E-state index contributed by atoms with van der Waals surface area (Å²) in [6.45, 7) is 6.88. The fraction of sp³-hybridized carbons (Fsp3) is 0.619. The molecule has 2 N–H and O–H groups in total. The first kappa shape index (κ1) is 26.4. The summed E-state index contributed by atoms with van der Waals surface area (Å²) in [7, 11) is 3.42. The zero-order valence-corrected chi connectivity index (χ0v) is 20.5. The number of morpholine rings is 1. The smallest absolute Gasteiger partial charge is 0.305 e. The molecule has 1 aromatic carbocycles. The third-order valence-electron chi connectivity index (χ3n) is 4.83. The lowest BCUT2D eigenvalue weighted by Gasteiger charge is -2.35. The topological polar surface area (TPSA) is 84.4 Å². The Bertz CT molecular complexity index is 636. The number of hydrogen-bond donors (Lipinski definition) is 2. The van der Waals surface area contributed by atoms with Crippen LogP contribution >= 0.6 is 24.0 Å². The maximum Gasteiger partial charge on any atom is 0.305 e. The van der Waals surface area contributed by atoms with Crippen LogP contribution < -0.4 is 15.4 Å². The quantitative estimate of drug-likeness (QED) is 0.157. The lowest BCUT2D eigenvalue weighted by Crippen LogP contribution is -2.46. The Hall–Kier alpha value is -1.59. The number of esters is 1. The van der Waals surface area contributed by atoms with Gasteiger partial charge in [0.2, 0.25) is 0 Å². The van der Waals surface area contributed by atoms with Crippen LogP contribution in [0.15, 0.2) is 29.3 Å². The van der Waals surface area contributed by atoms with Gasteiger partial charge in [-0.15, -0.1) is 24.0 Å². The Morgan fingerprint density at radius 2 is 1.93 bits per heavy atom. The van der Waals surface area contributed by atoms with Crippen molar-refractivity contribution in [1.29, 1.82) is 0 Å². The van der Waals surface area contributed by atoms with Gasteiger partial charge in [-0.05, 0) is 31.0 Å². The summed E-state index contributed by atoms with van der Waals surface area (Å²) in [5.41, 5.74) is 1.22. The summed E-state index contributed by atoms with van der Waals surface area (Å²) in [6, 6.07) is 8.39. The Morgan fingerprint density at radius 3 is 2.53 bits per heavy atom. The molecule has 0 amide bonds. The Kier molecular flexibility index (Phi) is 13.4. The van der Waals surface area contributed by atoms with Crippen molar-refractivity contribution in [2.45, 2.75) is 25.8 Å². The minimum absolute atomic E-state index is 0. The number of carbonyl (C=O) groups is 1. The number of benzene rings is 1. The third-order valence-corrected chi connectivity index (χ3v) is 4.83. The second-order valence-corrected chi connectivity index (χ2v) is 6.73. The minimum atomic E-state index is -0.163. The highest BCUT2D eigenvalue weighted by molar-refractivity contribution is 14.0. The molecule has 2 rings (SSSR count). The van der Waals surface area contributed by atoms with E-state index in [-0.39, 0.29) is 36.0 Å². The first-order chi connectivity index (χ1) is 14.2. The molecule has 0 radical (unpaired) electrons. The van der Waals surface area contributed by atoms with Crippen molar-refractivity contribution in [2.75, 3.05) is 60.2 Å². The average Bonchev–Trinajstić information content (AvgIpc) is 2.76. The van der Waals surface area contributed by atoms with E-state index in [4.69, 9.17) is 14.2 Å². The van der Waals surface area contributed by atoms with Gasteiger partial charge in [0, 0.05) is 39.6 Å². The summed E-state index contributed by atoms with van der Waals surface area (Å²) in [5, 5.41) is 6.68. The summed E-state index contributed by atoms with van der Waals surface area (Å²) in [6.07, 6.45) is 1.10. The average molecular weight is 534 g/mol. The van der Waals surface area contributed by atoms with Gasteiger partial charge in [0.05, 0.1) is 33.0 Å². The van der Waals surface area contributed by atoms with Gasteiger partial charge >= 0.3 is 5.97 Å². The third kappa shape index (κ3) is 9.05. The van der Waals surface area contributed by atoms with Crippen LogP contribution in [0.1, 0.15) is 31.4 Å². The van der Waals surface area contributed by atoms with Crippen LogP contribution in [0.4, 0.5) is 0 Å². The molecule has 170 valence electrons. The van der Waals surface area contributed by atoms with Gasteiger partial charge < -0.3 is 24.8 Å². The number of ether oxygens (including phenoxy) is 3. The van der Waals surface area contributed by atoms with Gasteiger partial charge in [0.1, 0.15) is 5.75 Å². The van der Waals surface area contributed by atoms with E-state index in [2.05, 4.69) is 32.7 Å². The van der Waals surface area contributed by atoms with E-state index in [9.17, 15) is 4.79 Å². The van der Waals surface area contributed by atoms with E-state index < -0.39 is 0 Å². The summed E-state index contributed by atoms with van der Waals surface area (Å²) in [5.74, 6) is 1.41. The highest BCUT2D eigenvalue weighted by atomic mass is 127. The normalized spacial score (nSPS) is 15.6. The molecule has 1 heterocycles. The van der Waals surface area contributed by atoms with Gasteiger partial charge in [-0.3, -0.25) is 14.7 Å². The molecule has 1 unspecified atom stereocenters. The van der Waals surface area contributed by atoms with Gasteiger partial charge in [-0.1, -0.05) is 12.1 Å². The fourth-order valence-electron chi connectivity index (χ4n) is 3.26. The van der Waals surface area contributed by atoms with Crippen LogP contribution in [0.25, 0.3) is 0 Å². The number of rotatable bonds is 10. The molecule has 1 aromatic rings. The molecule has 0 spiro atoms. The summed E-state index contributed by atoms with van der Waals surface area (Å²) < 4.78 is 15.8. The lowest BCUT2D eigenvalue weighted by atomic mass is 10.0. The van der Waals surface area contributed by atoms with E-state index in [1.807, 2.05) is 19.1 Å². The van der Waals surface area contributed by atoms with E-state index >= 15 is 0 Å². The number of hydrogen-bond acceptors (Lipinski definition) is 6. The lowest BCUT2D eigenvalue weighted by molar-refractivity contribution is -0.143. The molecule has 0 saturated carbocycles. The Labute approximate surface area is 196 Å². The largest absolute Gasteiger partial charge is 0.497 e. The second-order valence-electron chi connectivity index (χ2n) is 6.73. The van der Waals surface area contributed by atoms with Gasteiger partial charge in [-0.2, -0.15) is 0 Å². The second kappa shape index (κ2) is 15.2. The maximum atomic E-state index is 11.4. The van der Waals surface area contributed by atoms with Crippen LogP contribution in [0.2, 0.25) is 0 Å². The van der Waals surface area contributed by atoms with Crippen molar-refractivity contribution in [2.24, 2.45) is 4.99 Å². The first-order valence-electron chi connectivity index (χ1n) is 10.2. The molecular formula is C21H35IN4O4. The molecule has 1 aliphatic rings. The van der Waals surface area contributed by atoms with Crippen molar-refractivity contribution < 1.29 is 19.0 Å². The molecule has 1 saturated heterocycles. The van der Waals surface area contributed by atoms with E-state index in [1.165, 1.54) is 5.56 Å². The minimum Gasteiger partial charge on any atom is -0.497 e. The number of nitrogens with zero attached hydrogens (tertiary/aromatic N) is 2. The number of carbonyl (C=O) groups excluding carboxylic acids is 1. The Balaban J connectivity index is 0.00000450. The van der Waals surface area contributed by atoms with Gasteiger partial charge in [-0.25, -0.2) is 0 Å².